The number of rotatable bonds is 6. The molecule has 2 heterocycles. The number of benzene rings is 1. The molecule has 0 spiro atoms. The highest BCUT2D eigenvalue weighted by Crippen LogP contribution is 2.35. The average Bonchev–Trinajstić information content (AvgIpc) is 3.19. The topological polar surface area (TPSA) is 73.1 Å². The van der Waals surface area contributed by atoms with Crippen molar-refractivity contribution >= 4 is 17.7 Å². The van der Waals surface area contributed by atoms with E-state index in [1.807, 2.05) is 24.3 Å². The molecule has 8 heteroatoms. The smallest absolute Gasteiger partial charge is 0.233 e. The lowest BCUT2D eigenvalue weighted by molar-refractivity contribution is -0.134. The van der Waals surface area contributed by atoms with E-state index < -0.39 is 0 Å². The van der Waals surface area contributed by atoms with Crippen LogP contribution in [0.2, 0.25) is 0 Å². The Morgan fingerprint density at radius 3 is 2.79 bits per heavy atom. The minimum atomic E-state index is 0.223. The molecule has 1 amide bonds. The molecule has 7 nitrogen and oxygen atoms in total. The van der Waals surface area contributed by atoms with Crippen molar-refractivity contribution < 1.29 is 9.53 Å². The van der Waals surface area contributed by atoms with Crippen molar-refractivity contribution in [2.24, 2.45) is 5.92 Å². The van der Waals surface area contributed by atoms with Crippen LogP contribution in [0.4, 0.5) is 0 Å². The van der Waals surface area contributed by atoms with Crippen molar-refractivity contribution in [3.63, 3.8) is 0 Å². The monoisotopic (exact) mass is 401 g/mol. The average molecular weight is 402 g/mol. The summed E-state index contributed by atoms with van der Waals surface area (Å²) in [5.74, 6) is 2.15. The highest BCUT2D eigenvalue weighted by Gasteiger charge is 2.35. The summed E-state index contributed by atoms with van der Waals surface area (Å²) in [6.45, 7) is 1.47. The zero-order valence-corrected chi connectivity index (χ0v) is 17.1. The second-order valence-corrected chi connectivity index (χ2v) is 8.54. The molecule has 0 bridgehead atoms. The lowest BCUT2D eigenvalue weighted by atomic mass is 9.78. The van der Waals surface area contributed by atoms with E-state index in [4.69, 9.17) is 4.74 Å². The first-order valence-electron chi connectivity index (χ1n) is 10.1. The van der Waals surface area contributed by atoms with Crippen molar-refractivity contribution in [2.75, 3.05) is 19.4 Å². The summed E-state index contributed by atoms with van der Waals surface area (Å²) in [6.07, 6.45) is 7.42. The molecule has 2 aromatic rings. The molecule has 0 radical (unpaired) electrons. The summed E-state index contributed by atoms with van der Waals surface area (Å²) in [5, 5.41) is 12.7. The summed E-state index contributed by atoms with van der Waals surface area (Å²) in [6, 6.07) is 8.29. The van der Waals surface area contributed by atoms with E-state index in [9.17, 15) is 4.79 Å². The summed E-state index contributed by atoms with van der Waals surface area (Å²) < 4.78 is 6.94. The standard InChI is InChI=1S/C20H27N5O2S/c1-27-17-10-8-15(9-11-17)13-25-20(21-22-23-25)28-14-19(26)24-12-4-6-16-5-2-3-7-18(16)24/h8-11,16,18H,2-7,12-14H2,1H3/t16-,18+/m0/s1. The molecular weight excluding hydrogens is 374 g/mol. The number of thioether (sulfide) groups is 1. The molecule has 1 aromatic heterocycles. The van der Waals surface area contributed by atoms with Crippen LogP contribution in [0.5, 0.6) is 5.75 Å². The van der Waals surface area contributed by atoms with E-state index in [0.29, 0.717) is 29.4 Å². The Kier molecular flexibility index (Phi) is 6.14. The van der Waals surface area contributed by atoms with E-state index in [0.717, 1.165) is 30.7 Å². The van der Waals surface area contributed by atoms with Gasteiger partial charge in [-0.15, -0.1) is 5.10 Å². The molecule has 2 atom stereocenters. The van der Waals surface area contributed by atoms with Gasteiger partial charge in [-0.05, 0) is 59.7 Å². The number of methoxy groups -OCH3 is 1. The molecule has 1 saturated carbocycles. The number of hydrogen-bond donors (Lipinski definition) is 0. The van der Waals surface area contributed by atoms with Gasteiger partial charge in [0, 0.05) is 12.6 Å². The Morgan fingerprint density at radius 2 is 1.96 bits per heavy atom. The van der Waals surface area contributed by atoms with Crippen LogP contribution in [0.15, 0.2) is 29.4 Å². The molecule has 28 heavy (non-hydrogen) atoms. The van der Waals surface area contributed by atoms with Gasteiger partial charge in [0.2, 0.25) is 11.1 Å². The molecule has 4 rings (SSSR count). The molecule has 1 aliphatic carbocycles. The van der Waals surface area contributed by atoms with Crippen LogP contribution in [0.25, 0.3) is 0 Å². The Balaban J connectivity index is 1.36. The zero-order valence-electron chi connectivity index (χ0n) is 16.3. The SMILES string of the molecule is COc1ccc(Cn2nnnc2SCC(=O)N2CCC[C@@H]3CCCC[C@H]32)cc1. The number of ether oxygens (including phenoxy) is 1. The maximum atomic E-state index is 12.9. The summed E-state index contributed by atoms with van der Waals surface area (Å²) in [4.78, 5) is 15.0. The molecule has 1 aromatic carbocycles. The Labute approximate surface area is 169 Å². The molecule has 0 N–H and O–H groups in total. The van der Waals surface area contributed by atoms with Gasteiger partial charge in [-0.2, -0.15) is 0 Å². The Bertz CT molecular complexity index is 792. The fraction of sp³-hybridized carbons (Fsp3) is 0.600. The van der Waals surface area contributed by atoms with E-state index in [2.05, 4.69) is 20.4 Å². The molecule has 2 aliphatic rings. The predicted molar refractivity (Wildman–Crippen MR) is 107 cm³/mol. The van der Waals surface area contributed by atoms with Gasteiger partial charge in [-0.3, -0.25) is 4.79 Å². The third kappa shape index (κ3) is 4.32. The Morgan fingerprint density at radius 1 is 1.18 bits per heavy atom. The lowest BCUT2D eigenvalue weighted by Crippen LogP contribution is -2.50. The normalized spacial score (nSPS) is 22.0. The minimum absolute atomic E-state index is 0.223. The van der Waals surface area contributed by atoms with Crippen molar-refractivity contribution in [3.05, 3.63) is 29.8 Å². The number of tetrazole rings is 1. The van der Waals surface area contributed by atoms with Gasteiger partial charge in [0.15, 0.2) is 0 Å². The van der Waals surface area contributed by atoms with Gasteiger partial charge in [0.05, 0.1) is 19.4 Å². The number of carbonyl (C=O) groups is 1. The number of hydrogen-bond acceptors (Lipinski definition) is 6. The van der Waals surface area contributed by atoms with Crippen LogP contribution in [-0.4, -0.2) is 56.5 Å². The van der Waals surface area contributed by atoms with Gasteiger partial charge in [-0.1, -0.05) is 36.7 Å². The second kappa shape index (κ2) is 8.94. The van der Waals surface area contributed by atoms with Crippen molar-refractivity contribution in [2.45, 2.75) is 56.3 Å². The minimum Gasteiger partial charge on any atom is -0.497 e. The van der Waals surface area contributed by atoms with Gasteiger partial charge < -0.3 is 9.64 Å². The fourth-order valence-electron chi connectivity index (χ4n) is 4.45. The molecule has 1 saturated heterocycles. The zero-order chi connectivity index (χ0) is 19.3. The number of amides is 1. The quantitative estimate of drug-likeness (QED) is 0.693. The summed E-state index contributed by atoms with van der Waals surface area (Å²) in [7, 11) is 1.65. The predicted octanol–water partition coefficient (Wildman–Crippen LogP) is 3.00. The van der Waals surface area contributed by atoms with Gasteiger partial charge in [-0.25, -0.2) is 4.68 Å². The van der Waals surface area contributed by atoms with Crippen molar-refractivity contribution in [3.8, 4) is 5.75 Å². The fourth-order valence-corrected chi connectivity index (χ4v) is 5.21. The largest absolute Gasteiger partial charge is 0.497 e. The third-order valence-corrected chi connectivity index (χ3v) is 6.82. The molecule has 1 aliphatic heterocycles. The number of carbonyl (C=O) groups excluding carboxylic acids is 1. The number of aromatic nitrogens is 4. The second-order valence-electron chi connectivity index (χ2n) is 7.60. The number of nitrogens with zero attached hydrogens (tertiary/aromatic N) is 5. The number of piperidine rings is 1. The highest BCUT2D eigenvalue weighted by atomic mass is 32.2. The van der Waals surface area contributed by atoms with Crippen molar-refractivity contribution in [1.29, 1.82) is 0 Å². The van der Waals surface area contributed by atoms with Crippen LogP contribution in [0.3, 0.4) is 0 Å². The summed E-state index contributed by atoms with van der Waals surface area (Å²) in [5.41, 5.74) is 1.09. The summed E-state index contributed by atoms with van der Waals surface area (Å²) >= 11 is 1.43. The number of fused-ring (bicyclic) bond motifs is 1. The molecular formula is C20H27N5O2S. The maximum absolute atomic E-state index is 12.9. The third-order valence-electron chi connectivity index (χ3n) is 5.88. The van der Waals surface area contributed by atoms with Crippen LogP contribution in [0, 0.1) is 5.92 Å². The van der Waals surface area contributed by atoms with Gasteiger partial charge >= 0.3 is 0 Å². The van der Waals surface area contributed by atoms with E-state index in [-0.39, 0.29) is 5.91 Å². The maximum Gasteiger partial charge on any atom is 0.233 e. The van der Waals surface area contributed by atoms with Crippen LogP contribution in [0.1, 0.15) is 44.1 Å². The molecule has 0 unspecified atom stereocenters. The Hall–Kier alpha value is -2.09. The van der Waals surface area contributed by atoms with Gasteiger partial charge in [0.1, 0.15) is 5.75 Å². The van der Waals surface area contributed by atoms with E-state index >= 15 is 0 Å². The lowest BCUT2D eigenvalue weighted by Gasteiger charge is -2.44. The first-order chi connectivity index (χ1) is 13.7. The van der Waals surface area contributed by atoms with Crippen LogP contribution in [-0.2, 0) is 11.3 Å². The van der Waals surface area contributed by atoms with E-state index in [1.165, 1.54) is 37.4 Å². The van der Waals surface area contributed by atoms with Gasteiger partial charge in [0.25, 0.3) is 0 Å². The van der Waals surface area contributed by atoms with Crippen molar-refractivity contribution in [1.82, 2.24) is 25.1 Å². The highest BCUT2D eigenvalue weighted by molar-refractivity contribution is 7.99. The molecule has 2 fully saturated rings. The van der Waals surface area contributed by atoms with E-state index in [1.54, 1.807) is 11.8 Å². The molecule has 150 valence electrons. The van der Waals surface area contributed by atoms with Crippen LogP contribution >= 0.6 is 11.8 Å². The first-order valence-corrected chi connectivity index (χ1v) is 11.0. The first kappa shape index (κ1) is 19.2. The van der Waals surface area contributed by atoms with Crippen LogP contribution < -0.4 is 4.74 Å². The number of likely N-dealkylation sites (tertiary alicyclic amines) is 1.